The molecule has 6 aromatic rings. The van der Waals surface area contributed by atoms with Crippen molar-refractivity contribution in [2.45, 2.75) is 52.7 Å². The van der Waals surface area contributed by atoms with Gasteiger partial charge in [0.05, 0.1) is 22.3 Å². The lowest BCUT2D eigenvalue weighted by Gasteiger charge is -2.21. The van der Waals surface area contributed by atoms with Gasteiger partial charge in [-0.05, 0) is 71.2 Å². The van der Waals surface area contributed by atoms with Crippen LogP contribution in [0.1, 0.15) is 41.5 Å². The largest absolute Gasteiger partial charge is 0.506 e. The van der Waals surface area contributed by atoms with Crippen molar-refractivity contribution in [2.75, 3.05) is 0 Å². The Bertz CT molecular complexity index is 2100. The van der Waals surface area contributed by atoms with Crippen LogP contribution in [0.15, 0.2) is 85.5 Å². The maximum atomic E-state index is 12.7. The van der Waals surface area contributed by atoms with Crippen LogP contribution in [-0.2, 0) is 9.47 Å². The average molecular weight is 740 g/mol. The van der Waals surface area contributed by atoms with E-state index in [4.69, 9.17) is 44.3 Å². The Balaban J connectivity index is 0.000000187. The molecule has 0 bridgehead atoms. The lowest BCUT2D eigenvalue weighted by atomic mass is 9.86. The Kier molecular flexibility index (Phi) is 12.3. The quantitative estimate of drug-likeness (QED) is 0.172. The predicted molar refractivity (Wildman–Crippen MR) is 195 cm³/mol. The van der Waals surface area contributed by atoms with E-state index in [2.05, 4.69) is 19.9 Å². The van der Waals surface area contributed by atoms with Gasteiger partial charge in [0.1, 0.15) is 16.9 Å². The van der Waals surface area contributed by atoms with Crippen molar-refractivity contribution in [3.63, 3.8) is 0 Å². The predicted octanol–water partition coefficient (Wildman–Crippen LogP) is 7.42. The Morgan fingerprint density at radius 2 is 1.06 bits per heavy atom. The van der Waals surface area contributed by atoms with E-state index in [9.17, 15) is 19.6 Å². The second kappa shape index (κ2) is 16.0. The molecule has 12 nitrogen and oxygen atoms in total. The highest BCUT2D eigenvalue weighted by molar-refractivity contribution is 6.59. The smallest absolute Gasteiger partial charge is 0.443 e. The van der Waals surface area contributed by atoms with E-state index in [0.717, 1.165) is 16.3 Å². The Morgan fingerprint density at radius 1 is 0.640 bits per heavy atom. The summed E-state index contributed by atoms with van der Waals surface area (Å²) in [6.45, 7) is 10.7. The number of nitrogens with zero attached hydrogens (tertiary/aromatic N) is 6. The number of carbonyl (C=O) groups is 2. The van der Waals surface area contributed by atoms with Crippen molar-refractivity contribution < 1.29 is 29.1 Å². The third-order valence-corrected chi connectivity index (χ3v) is 7.30. The first-order chi connectivity index (χ1) is 23.5. The first-order valence-electron chi connectivity index (χ1n) is 15.1. The standard InChI is InChI=1S/C17H16ClN3O2.C13H16BNO4.C4H2Cl2N2/c1-17(2,3)23-16(22)21-12-7-5-4-6-11(12)10-13(21)14-15(18)20-9-8-19-14;1-13(2,3)19-12(16)15-10-7-5-4-6-9(10)8-11(15)14(17)18;5-3-4(6)8-2-1-7-3/h4-10H,1-3H3;4-8,17-18H,1-3H3;1-2H. The molecule has 50 heavy (non-hydrogen) atoms. The van der Waals surface area contributed by atoms with Gasteiger partial charge in [0, 0.05) is 30.2 Å². The number of para-hydroxylation sites is 2. The number of fused-ring (bicyclic) bond motifs is 2. The van der Waals surface area contributed by atoms with E-state index >= 15 is 0 Å². The first-order valence-corrected chi connectivity index (χ1v) is 16.2. The molecule has 0 fully saturated rings. The molecule has 2 aromatic carbocycles. The molecule has 6 rings (SSSR count). The normalized spacial score (nSPS) is 11.3. The number of halogens is 3. The molecule has 0 aliphatic rings. The summed E-state index contributed by atoms with van der Waals surface area (Å²) in [4.78, 5) is 40.5. The molecule has 0 aliphatic carbocycles. The molecule has 0 radical (unpaired) electrons. The molecule has 0 amide bonds. The minimum atomic E-state index is -1.74. The maximum absolute atomic E-state index is 12.7. The second-order valence-electron chi connectivity index (χ2n) is 12.6. The van der Waals surface area contributed by atoms with E-state index in [1.54, 1.807) is 45.0 Å². The minimum Gasteiger partial charge on any atom is -0.443 e. The lowest BCUT2D eigenvalue weighted by molar-refractivity contribution is 0.0536. The monoisotopic (exact) mass is 738 g/mol. The fourth-order valence-electron chi connectivity index (χ4n) is 4.51. The molecule has 260 valence electrons. The molecule has 0 saturated carbocycles. The molecular formula is C34H34BCl3N6O6. The van der Waals surface area contributed by atoms with E-state index in [0.29, 0.717) is 16.9 Å². The van der Waals surface area contributed by atoms with Crippen LogP contribution in [0.5, 0.6) is 0 Å². The van der Waals surface area contributed by atoms with Gasteiger partial charge in [-0.15, -0.1) is 0 Å². The SMILES string of the molecule is CC(C)(C)OC(=O)n1c(-c2nccnc2Cl)cc2ccccc21.CC(C)(C)OC(=O)n1c(B(O)O)cc2ccccc21.Clc1nccnc1Cl. The molecule has 4 aromatic heterocycles. The third kappa shape index (κ3) is 9.80. The zero-order chi connectivity index (χ0) is 36.8. The molecule has 0 unspecified atom stereocenters. The van der Waals surface area contributed by atoms with Gasteiger partial charge in [0.2, 0.25) is 0 Å². The molecule has 16 heteroatoms. The summed E-state index contributed by atoms with van der Waals surface area (Å²) in [6.07, 6.45) is 4.90. The van der Waals surface area contributed by atoms with Gasteiger partial charge < -0.3 is 19.5 Å². The summed E-state index contributed by atoms with van der Waals surface area (Å²) in [5.41, 5.74) is 1.15. The van der Waals surface area contributed by atoms with Gasteiger partial charge >= 0.3 is 19.3 Å². The number of hydrogen-bond acceptors (Lipinski definition) is 10. The second-order valence-corrected chi connectivity index (χ2v) is 13.6. The average Bonchev–Trinajstić information content (AvgIpc) is 3.61. The van der Waals surface area contributed by atoms with Crippen molar-refractivity contribution in [1.29, 1.82) is 0 Å². The third-order valence-electron chi connectivity index (χ3n) is 6.38. The Hall–Kier alpha value is -4.53. The van der Waals surface area contributed by atoms with E-state index < -0.39 is 30.5 Å². The highest BCUT2D eigenvalue weighted by Crippen LogP contribution is 2.31. The van der Waals surface area contributed by atoms with Crippen molar-refractivity contribution in [1.82, 2.24) is 29.1 Å². The summed E-state index contributed by atoms with van der Waals surface area (Å²) in [5, 5.41) is 21.1. The van der Waals surface area contributed by atoms with Crippen LogP contribution >= 0.6 is 34.8 Å². The number of benzene rings is 2. The van der Waals surface area contributed by atoms with Crippen molar-refractivity contribution >= 4 is 81.5 Å². The van der Waals surface area contributed by atoms with Crippen molar-refractivity contribution in [3.05, 3.63) is 101 Å². The number of aromatic nitrogens is 6. The topological polar surface area (TPSA) is 154 Å². The van der Waals surface area contributed by atoms with Gasteiger partial charge in [0.25, 0.3) is 0 Å². The van der Waals surface area contributed by atoms with Crippen molar-refractivity contribution in [3.8, 4) is 11.4 Å². The number of hydrogen-bond donors (Lipinski definition) is 2. The lowest BCUT2D eigenvalue weighted by Crippen LogP contribution is -2.40. The van der Waals surface area contributed by atoms with Gasteiger partial charge in [-0.25, -0.2) is 34.1 Å². The van der Waals surface area contributed by atoms with Gasteiger partial charge in [-0.3, -0.25) is 4.57 Å². The Morgan fingerprint density at radius 3 is 1.52 bits per heavy atom. The van der Waals surface area contributed by atoms with Crippen LogP contribution < -0.4 is 5.59 Å². The van der Waals surface area contributed by atoms with Gasteiger partial charge in [-0.1, -0.05) is 71.2 Å². The maximum Gasteiger partial charge on any atom is 0.506 e. The summed E-state index contributed by atoms with van der Waals surface area (Å²) >= 11 is 17.0. The summed E-state index contributed by atoms with van der Waals surface area (Å²) in [6, 6.07) is 18.1. The molecule has 0 spiro atoms. The molecule has 0 aliphatic heterocycles. The zero-order valence-electron chi connectivity index (χ0n) is 28.0. The van der Waals surface area contributed by atoms with Crippen LogP contribution in [0.2, 0.25) is 15.5 Å². The van der Waals surface area contributed by atoms with Crippen LogP contribution in [0.25, 0.3) is 33.2 Å². The summed E-state index contributed by atoms with van der Waals surface area (Å²) in [5.74, 6) is 0. The molecule has 2 N–H and O–H groups in total. The van der Waals surface area contributed by atoms with E-state index in [1.807, 2.05) is 57.2 Å². The van der Waals surface area contributed by atoms with Crippen molar-refractivity contribution in [2.24, 2.45) is 0 Å². The van der Waals surface area contributed by atoms with Crippen LogP contribution in [-0.4, -0.2) is 69.6 Å². The first kappa shape index (κ1) is 38.3. The Labute approximate surface area is 303 Å². The zero-order valence-corrected chi connectivity index (χ0v) is 30.3. The van der Waals surface area contributed by atoms with E-state index in [-0.39, 0.29) is 21.1 Å². The highest BCUT2D eigenvalue weighted by Gasteiger charge is 2.27. The number of ether oxygens (including phenoxy) is 2. The minimum absolute atomic E-state index is 0.0930. The molecule has 4 heterocycles. The number of rotatable bonds is 2. The fourth-order valence-corrected chi connectivity index (χ4v) is 4.92. The van der Waals surface area contributed by atoms with Crippen LogP contribution in [0.3, 0.4) is 0 Å². The molecule has 0 atom stereocenters. The molecule has 0 saturated heterocycles. The summed E-state index contributed by atoms with van der Waals surface area (Å²) in [7, 11) is -1.74. The fraction of sp³-hybridized carbons (Fsp3) is 0.235. The van der Waals surface area contributed by atoms with Gasteiger partial charge in [0.15, 0.2) is 15.5 Å². The van der Waals surface area contributed by atoms with E-state index in [1.165, 1.54) is 33.9 Å². The van der Waals surface area contributed by atoms with Crippen LogP contribution in [0, 0.1) is 0 Å². The van der Waals surface area contributed by atoms with Crippen LogP contribution in [0.4, 0.5) is 9.59 Å². The molecular weight excluding hydrogens is 706 g/mol. The summed E-state index contributed by atoms with van der Waals surface area (Å²) < 4.78 is 13.5. The van der Waals surface area contributed by atoms with Gasteiger partial charge in [-0.2, -0.15) is 0 Å². The number of carbonyl (C=O) groups excluding carboxylic acids is 2. The highest BCUT2D eigenvalue weighted by atomic mass is 35.5.